The summed E-state index contributed by atoms with van der Waals surface area (Å²) in [5.41, 5.74) is 0.290. The maximum absolute atomic E-state index is 13.9. The largest absolute Gasteiger partial charge is 0.305 e. The zero-order valence-electron chi connectivity index (χ0n) is 8.56. The van der Waals surface area contributed by atoms with Gasteiger partial charge in [0.2, 0.25) is 5.82 Å². The molecule has 2 aromatic rings. The Morgan fingerprint density at radius 2 is 1.71 bits per heavy atom. The van der Waals surface area contributed by atoms with Crippen molar-refractivity contribution in [1.82, 2.24) is 0 Å². The third-order valence-corrected chi connectivity index (χ3v) is 3.03. The number of nitrogens with zero attached hydrogens (tertiary/aromatic N) is 1. The Bertz CT molecular complexity index is 586. The lowest BCUT2D eigenvalue weighted by Gasteiger charge is -2.05. The van der Waals surface area contributed by atoms with Gasteiger partial charge in [0.05, 0.1) is 4.92 Å². The van der Waals surface area contributed by atoms with Gasteiger partial charge in [-0.05, 0) is 11.6 Å². The second-order valence-corrected chi connectivity index (χ2v) is 4.23. The van der Waals surface area contributed by atoms with E-state index in [1.165, 1.54) is 12.1 Å². The second kappa shape index (κ2) is 4.63. The number of hydrogen-bond donors (Lipinski definition) is 0. The van der Waals surface area contributed by atoms with Crippen LogP contribution in [0.1, 0.15) is 0 Å². The minimum Gasteiger partial charge on any atom is -0.258 e. The molecule has 0 spiro atoms. The fourth-order valence-corrected chi connectivity index (χ4v) is 2.05. The highest BCUT2D eigenvalue weighted by Crippen LogP contribution is 2.33. The molecule has 0 aliphatic rings. The van der Waals surface area contributed by atoms with Crippen molar-refractivity contribution in [3.63, 3.8) is 0 Å². The smallest absolute Gasteiger partial charge is 0.258 e. The molecule has 0 bridgehead atoms. The molecule has 0 atom stereocenters. The maximum Gasteiger partial charge on any atom is 0.305 e. The Labute approximate surface area is 105 Å². The first kappa shape index (κ1) is 11.7. The van der Waals surface area contributed by atoms with Crippen molar-refractivity contribution in [2.24, 2.45) is 0 Å². The van der Waals surface area contributed by atoms with E-state index in [0.717, 1.165) is 6.07 Å². The molecule has 0 unspecified atom stereocenters. The van der Waals surface area contributed by atoms with Crippen molar-refractivity contribution >= 4 is 21.6 Å². The van der Waals surface area contributed by atoms with Gasteiger partial charge in [0.15, 0.2) is 0 Å². The van der Waals surface area contributed by atoms with E-state index in [1.807, 2.05) is 0 Å². The molecule has 86 valence electrons. The normalized spacial score (nSPS) is 10.2. The first-order valence-electron chi connectivity index (χ1n) is 4.79. The summed E-state index contributed by atoms with van der Waals surface area (Å²) in [5.74, 6) is -0.815. The van der Waals surface area contributed by atoms with E-state index in [2.05, 4.69) is 15.9 Å². The van der Waals surface area contributed by atoms with E-state index in [0.29, 0.717) is 10.0 Å². The van der Waals surface area contributed by atoms with Gasteiger partial charge in [-0.2, -0.15) is 4.39 Å². The van der Waals surface area contributed by atoms with E-state index < -0.39 is 16.4 Å². The van der Waals surface area contributed by atoms with Crippen molar-refractivity contribution in [3.8, 4) is 11.1 Å². The van der Waals surface area contributed by atoms with E-state index in [1.54, 1.807) is 24.3 Å². The number of nitro groups is 1. The van der Waals surface area contributed by atoms with Gasteiger partial charge in [-0.3, -0.25) is 10.1 Å². The number of nitro benzene ring substituents is 1. The lowest BCUT2D eigenvalue weighted by atomic mass is 10.0. The van der Waals surface area contributed by atoms with Crippen molar-refractivity contribution in [3.05, 3.63) is 62.9 Å². The highest BCUT2D eigenvalue weighted by atomic mass is 79.9. The molecular weight excluding hydrogens is 289 g/mol. The summed E-state index contributed by atoms with van der Waals surface area (Å²) in [4.78, 5) is 9.92. The van der Waals surface area contributed by atoms with Gasteiger partial charge in [-0.1, -0.05) is 46.3 Å². The first-order chi connectivity index (χ1) is 8.11. The van der Waals surface area contributed by atoms with Gasteiger partial charge in [-0.25, -0.2) is 0 Å². The molecule has 0 amide bonds. The highest BCUT2D eigenvalue weighted by Gasteiger charge is 2.18. The quantitative estimate of drug-likeness (QED) is 0.617. The summed E-state index contributed by atoms with van der Waals surface area (Å²) in [6, 6.07) is 11.1. The summed E-state index contributed by atoms with van der Waals surface area (Å²) in [5, 5.41) is 10.6. The van der Waals surface area contributed by atoms with Gasteiger partial charge in [0.25, 0.3) is 0 Å². The summed E-state index contributed by atoms with van der Waals surface area (Å²) in [6.07, 6.45) is 0. The van der Waals surface area contributed by atoms with Gasteiger partial charge >= 0.3 is 5.69 Å². The molecule has 0 saturated heterocycles. The lowest BCUT2D eigenvalue weighted by molar-refractivity contribution is -0.387. The van der Waals surface area contributed by atoms with Gasteiger partial charge in [0, 0.05) is 16.1 Å². The molecule has 0 N–H and O–H groups in total. The molecule has 0 heterocycles. The van der Waals surface area contributed by atoms with Gasteiger partial charge in [0.1, 0.15) is 0 Å². The molecule has 0 fully saturated rings. The van der Waals surface area contributed by atoms with Gasteiger partial charge < -0.3 is 0 Å². The van der Waals surface area contributed by atoms with Crippen LogP contribution in [0.2, 0.25) is 0 Å². The summed E-state index contributed by atoms with van der Waals surface area (Å²) >= 11 is 3.29. The fraction of sp³-hybridized carbons (Fsp3) is 0. The zero-order chi connectivity index (χ0) is 12.4. The predicted octanol–water partition coefficient (Wildman–Crippen LogP) is 4.16. The Morgan fingerprint density at radius 1 is 1.06 bits per heavy atom. The van der Waals surface area contributed by atoms with Crippen molar-refractivity contribution < 1.29 is 9.31 Å². The Balaban J connectivity index is 2.65. The SMILES string of the molecule is O=[N+]([O-])c1cccc(-c2ccccc2Br)c1F. The summed E-state index contributed by atoms with van der Waals surface area (Å²) in [7, 11) is 0. The molecule has 0 saturated carbocycles. The minimum absolute atomic E-state index is 0.215. The number of benzene rings is 2. The van der Waals surface area contributed by atoms with Crippen LogP contribution < -0.4 is 0 Å². The Morgan fingerprint density at radius 3 is 2.35 bits per heavy atom. The van der Waals surface area contributed by atoms with Crippen LogP contribution in [0.5, 0.6) is 0 Å². The molecule has 3 nitrogen and oxygen atoms in total. The standard InChI is InChI=1S/C12H7BrFNO2/c13-10-6-2-1-4-8(10)9-5-3-7-11(12(9)14)15(16)17/h1-7H. The summed E-state index contributed by atoms with van der Waals surface area (Å²) in [6.45, 7) is 0. The van der Waals surface area contributed by atoms with Crippen LogP contribution in [0.15, 0.2) is 46.9 Å². The molecule has 0 aromatic heterocycles. The number of halogens is 2. The van der Waals surface area contributed by atoms with Crippen molar-refractivity contribution in [2.75, 3.05) is 0 Å². The Kier molecular flexibility index (Phi) is 3.19. The maximum atomic E-state index is 13.9. The molecule has 0 aliphatic heterocycles. The van der Waals surface area contributed by atoms with Crippen LogP contribution in [0, 0.1) is 15.9 Å². The van der Waals surface area contributed by atoms with Crippen LogP contribution in [0.25, 0.3) is 11.1 Å². The molecule has 0 aliphatic carbocycles. The van der Waals surface area contributed by atoms with E-state index in [-0.39, 0.29) is 5.56 Å². The predicted molar refractivity (Wildman–Crippen MR) is 66.2 cm³/mol. The Hall–Kier alpha value is -1.75. The van der Waals surface area contributed by atoms with Crippen LogP contribution in [-0.4, -0.2) is 4.92 Å². The van der Waals surface area contributed by atoms with Crippen LogP contribution >= 0.6 is 15.9 Å². The lowest BCUT2D eigenvalue weighted by Crippen LogP contribution is -1.94. The average Bonchev–Trinajstić information content (AvgIpc) is 2.30. The molecule has 17 heavy (non-hydrogen) atoms. The van der Waals surface area contributed by atoms with Crippen molar-refractivity contribution in [2.45, 2.75) is 0 Å². The monoisotopic (exact) mass is 295 g/mol. The van der Waals surface area contributed by atoms with E-state index >= 15 is 0 Å². The minimum atomic E-state index is -0.815. The second-order valence-electron chi connectivity index (χ2n) is 3.38. The van der Waals surface area contributed by atoms with Crippen LogP contribution in [-0.2, 0) is 0 Å². The van der Waals surface area contributed by atoms with E-state index in [4.69, 9.17) is 0 Å². The number of hydrogen-bond acceptors (Lipinski definition) is 2. The zero-order valence-corrected chi connectivity index (χ0v) is 10.1. The summed E-state index contributed by atoms with van der Waals surface area (Å²) < 4.78 is 14.6. The third-order valence-electron chi connectivity index (χ3n) is 2.34. The molecule has 2 aromatic carbocycles. The molecule has 5 heteroatoms. The van der Waals surface area contributed by atoms with Crippen LogP contribution in [0.3, 0.4) is 0 Å². The molecule has 0 radical (unpaired) electrons. The molecule has 2 rings (SSSR count). The van der Waals surface area contributed by atoms with Crippen molar-refractivity contribution in [1.29, 1.82) is 0 Å². The van der Waals surface area contributed by atoms with Gasteiger partial charge in [-0.15, -0.1) is 0 Å². The van der Waals surface area contributed by atoms with E-state index in [9.17, 15) is 14.5 Å². The fourth-order valence-electron chi connectivity index (χ4n) is 1.55. The first-order valence-corrected chi connectivity index (χ1v) is 5.58. The molecular formula is C12H7BrFNO2. The highest BCUT2D eigenvalue weighted by molar-refractivity contribution is 9.10. The number of rotatable bonds is 2. The average molecular weight is 296 g/mol. The third kappa shape index (κ3) is 2.19. The topological polar surface area (TPSA) is 43.1 Å². The van der Waals surface area contributed by atoms with Crippen LogP contribution in [0.4, 0.5) is 10.1 Å².